The number of unbranched alkanes of at least 4 members (excludes halogenated alkanes) is 2. The van der Waals surface area contributed by atoms with Gasteiger partial charge in [0.15, 0.2) is 0 Å². The van der Waals surface area contributed by atoms with Crippen LogP contribution in [0.1, 0.15) is 132 Å². The van der Waals surface area contributed by atoms with Crippen LogP contribution in [-0.4, -0.2) is 25.2 Å². The summed E-state index contributed by atoms with van der Waals surface area (Å²) < 4.78 is 11.1. The molecule has 0 N–H and O–H groups in total. The molecule has 1 saturated carbocycles. The lowest BCUT2D eigenvalue weighted by Crippen LogP contribution is -2.28. The van der Waals surface area contributed by atoms with Crippen LogP contribution >= 0.6 is 0 Å². The van der Waals surface area contributed by atoms with E-state index in [4.69, 9.17) is 9.47 Å². The van der Waals surface area contributed by atoms with Gasteiger partial charge in [-0.2, -0.15) is 0 Å². The summed E-state index contributed by atoms with van der Waals surface area (Å²) in [6, 6.07) is 0. The lowest BCUT2D eigenvalue weighted by atomic mass is 9.82. The van der Waals surface area contributed by atoms with E-state index in [0.29, 0.717) is 35.9 Å². The number of carbonyl (C=O) groups is 2. The molecule has 4 nitrogen and oxygen atoms in total. The van der Waals surface area contributed by atoms with Crippen molar-refractivity contribution in [3.05, 3.63) is 0 Å². The Morgan fingerprint density at radius 2 is 0.971 bits per heavy atom. The summed E-state index contributed by atoms with van der Waals surface area (Å²) >= 11 is 0. The Morgan fingerprint density at radius 3 is 1.26 bits per heavy atom. The van der Waals surface area contributed by atoms with Gasteiger partial charge in [0.2, 0.25) is 0 Å². The molecule has 2 unspecified atom stereocenters. The maximum atomic E-state index is 12.4. The number of carbonyl (C=O) groups excluding carboxylic acids is 2. The van der Waals surface area contributed by atoms with E-state index in [-0.39, 0.29) is 23.8 Å². The number of esters is 2. The van der Waals surface area contributed by atoms with E-state index in [9.17, 15) is 9.59 Å². The first-order valence-corrected chi connectivity index (χ1v) is 14.1. The van der Waals surface area contributed by atoms with Crippen molar-refractivity contribution in [1.29, 1.82) is 0 Å². The predicted octanol–water partition coefficient (Wildman–Crippen LogP) is 8.36. The van der Waals surface area contributed by atoms with Gasteiger partial charge in [-0.1, -0.05) is 68.2 Å². The van der Waals surface area contributed by atoms with E-state index < -0.39 is 0 Å². The first-order chi connectivity index (χ1) is 15.8. The second-order valence-corrected chi connectivity index (χ2v) is 13.6. The summed E-state index contributed by atoms with van der Waals surface area (Å²) in [5, 5.41) is 0. The van der Waals surface area contributed by atoms with E-state index in [2.05, 4.69) is 55.4 Å². The molecule has 0 spiro atoms. The summed E-state index contributed by atoms with van der Waals surface area (Å²) in [5.74, 6) is 1.18. The number of hydrogen-bond acceptors (Lipinski definition) is 4. The fraction of sp³-hybridized carbons (Fsp3) is 0.933. The SMILES string of the molecule is CC(CCCCOC(=O)C1CCC(C(=O)OCCCCC(C)CC(C)(C)C)CC1)CC(C)(C)C. The van der Waals surface area contributed by atoms with Crippen LogP contribution in [0.4, 0.5) is 0 Å². The van der Waals surface area contributed by atoms with Gasteiger partial charge >= 0.3 is 11.9 Å². The van der Waals surface area contributed by atoms with Crippen LogP contribution < -0.4 is 0 Å². The monoisotopic (exact) mass is 480 g/mol. The predicted molar refractivity (Wildman–Crippen MR) is 142 cm³/mol. The summed E-state index contributed by atoms with van der Waals surface area (Å²) in [7, 11) is 0. The van der Waals surface area contributed by atoms with Crippen LogP contribution in [-0.2, 0) is 19.1 Å². The van der Waals surface area contributed by atoms with Gasteiger partial charge in [0.25, 0.3) is 0 Å². The molecule has 1 aliphatic rings. The van der Waals surface area contributed by atoms with Crippen molar-refractivity contribution in [2.75, 3.05) is 13.2 Å². The molecule has 4 heteroatoms. The van der Waals surface area contributed by atoms with E-state index in [0.717, 1.165) is 51.4 Å². The molecule has 0 bridgehead atoms. The van der Waals surface area contributed by atoms with Crippen LogP contribution in [0.25, 0.3) is 0 Å². The van der Waals surface area contributed by atoms with Crippen LogP contribution in [0.5, 0.6) is 0 Å². The van der Waals surface area contributed by atoms with Gasteiger partial charge in [-0.05, 0) is 86.9 Å². The number of ether oxygens (including phenoxy) is 2. The molecule has 0 radical (unpaired) electrons. The van der Waals surface area contributed by atoms with Crippen molar-refractivity contribution < 1.29 is 19.1 Å². The third-order valence-electron chi connectivity index (χ3n) is 6.99. The molecular formula is C30H56O4. The third-order valence-corrected chi connectivity index (χ3v) is 6.99. The summed E-state index contributed by atoms with van der Waals surface area (Å²) in [6.45, 7) is 19.4. The standard InChI is InChI=1S/C30H56O4/c1-23(21-29(3,4)5)13-9-11-19-33-27(31)25-15-17-26(18-16-25)28(32)34-20-12-10-14-24(2)22-30(6,7)8/h23-26H,9-22H2,1-8H3. The largest absolute Gasteiger partial charge is 0.465 e. The summed E-state index contributed by atoms with van der Waals surface area (Å²) in [5.41, 5.74) is 0.753. The molecule has 2 atom stereocenters. The minimum Gasteiger partial charge on any atom is -0.465 e. The Labute approximate surface area is 211 Å². The highest BCUT2D eigenvalue weighted by Gasteiger charge is 2.31. The van der Waals surface area contributed by atoms with Crippen molar-refractivity contribution >= 4 is 11.9 Å². The lowest BCUT2D eigenvalue weighted by molar-refractivity contribution is -0.155. The van der Waals surface area contributed by atoms with Gasteiger partial charge in [-0.3, -0.25) is 9.59 Å². The Bertz CT molecular complexity index is 524. The average Bonchev–Trinajstić information content (AvgIpc) is 2.70. The Balaban J connectivity index is 2.11. The fourth-order valence-corrected chi connectivity index (χ4v) is 5.63. The topological polar surface area (TPSA) is 52.6 Å². The molecule has 0 heterocycles. The van der Waals surface area contributed by atoms with Crippen LogP contribution in [0.2, 0.25) is 0 Å². The molecule has 200 valence electrons. The Kier molecular flexibility index (Phi) is 13.8. The minimum atomic E-state index is -0.0704. The van der Waals surface area contributed by atoms with Gasteiger partial charge in [0.1, 0.15) is 0 Å². The van der Waals surface area contributed by atoms with Crippen molar-refractivity contribution in [2.24, 2.45) is 34.5 Å². The molecule has 0 saturated heterocycles. The minimum absolute atomic E-state index is 0.0480. The summed E-state index contributed by atoms with van der Waals surface area (Å²) in [4.78, 5) is 24.8. The van der Waals surface area contributed by atoms with Gasteiger partial charge in [-0.25, -0.2) is 0 Å². The van der Waals surface area contributed by atoms with Crippen molar-refractivity contribution in [3.63, 3.8) is 0 Å². The average molecular weight is 481 g/mol. The molecule has 0 aromatic rings. The van der Waals surface area contributed by atoms with E-state index in [1.165, 1.54) is 25.7 Å². The van der Waals surface area contributed by atoms with Crippen LogP contribution in [0.3, 0.4) is 0 Å². The molecule has 0 aromatic carbocycles. The highest BCUT2D eigenvalue weighted by molar-refractivity contribution is 5.75. The van der Waals surface area contributed by atoms with Crippen molar-refractivity contribution in [2.45, 2.75) is 132 Å². The fourth-order valence-electron chi connectivity index (χ4n) is 5.63. The van der Waals surface area contributed by atoms with Gasteiger partial charge < -0.3 is 9.47 Å². The zero-order chi connectivity index (χ0) is 25.8. The first-order valence-electron chi connectivity index (χ1n) is 14.1. The summed E-state index contributed by atoms with van der Waals surface area (Å²) in [6.07, 6.45) is 11.9. The second kappa shape index (κ2) is 15.1. The van der Waals surface area contributed by atoms with Gasteiger partial charge in [-0.15, -0.1) is 0 Å². The molecule has 0 amide bonds. The zero-order valence-electron chi connectivity index (χ0n) is 23.8. The van der Waals surface area contributed by atoms with E-state index in [1.807, 2.05) is 0 Å². The van der Waals surface area contributed by atoms with Crippen LogP contribution in [0, 0.1) is 34.5 Å². The number of hydrogen-bond donors (Lipinski definition) is 0. The van der Waals surface area contributed by atoms with Crippen LogP contribution in [0.15, 0.2) is 0 Å². The molecule has 34 heavy (non-hydrogen) atoms. The smallest absolute Gasteiger partial charge is 0.308 e. The third kappa shape index (κ3) is 15.0. The Hall–Kier alpha value is -1.06. The number of rotatable bonds is 14. The van der Waals surface area contributed by atoms with E-state index in [1.54, 1.807) is 0 Å². The normalized spacial score (nSPS) is 21.1. The lowest BCUT2D eigenvalue weighted by Gasteiger charge is -2.26. The molecule has 1 fully saturated rings. The quantitative estimate of drug-likeness (QED) is 0.185. The first kappa shape index (κ1) is 31.0. The molecule has 0 aromatic heterocycles. The van der Waals surface area contributed by atoms with E-state index >= 15 is 0 Å². The highest BCUT2D eigenvalue weighted by Crippen LogP contribution is 2.31. The zero-order valence-corrected chi connectivity index (χ0v) is 23.8. The Morgan fingerprint density at radius 1 is 0.647 bits per heavy atom. The van der Waals surface area contributed by atoms with Crippen molar-refractivity contribution in [3.8, 4) is 0 Å². The maximum Gasteiger partial charge on any atom is 0.308 e. The van der Waals surface area contributed by atoms with Gasteiger partial charge in [0.05, 0.1) is 25.0 Å². The molecule has 0 aliphatic heterocycles. The maximum absolute atomic E-state index is 12.4. The second-order valence-electron chi connectivity index (χ2n) is 13.6. The van der Waals surface area contributed by atoms with Crippen molar-refractivity contribution in [1.82, 2.24) is 0 Å². The molecular weight excluding hydrogens is 424 g/mol. The highest BCUT2D eigenvalue weighted by atomic mass is 16.5. The molecule has 1 rings (SSSR count). The van der Waals surface area contributed by atoms with Gasteiger partial charge in [0, 0.05) is 0 Å². The molecule has 1 aliphatic carbocycles.